The molecule has 0 radical (unpaired) electrons. The predicted octanol–water partition coefficient (Wildman–Crippen LogP) is 3.86. The zero-order valence-corrected chi connectivity index (χ0v) is 19.2. The van der Waals surface area contributed by atoms with E-state index in [1.54, 1.807) is 30.5 Å². The van der Waals surface area contributed by atoms with Crippen LogP contribution in [-0.2, 0) is 0 Å². The van der Waals surface area contributed by atoms with Crippen LogP contribution in [0.2, 0.25) is 0 Å². The van der Waals surface area contributed by atoms with Crippen LogP contribution in [-0.4, -0.2) is 46.0 Å². The molecule has 1 aliphatic carbocycles. The van der Waals surface area contributed by atoms with Crippen molar-refractivity contribution in [1.29, 1.82) is 0 Å². The summed E-state index contributed by atoms with van der Waals surface area (Å²) in [6.45, 7) is 0.652. The Morgan fingerprint density at radius 1 is 1.06 bits per heavy atom. The quantitative estimate of drug-likeness (QED) is 0.420. The minimum absolute atomic E-state index is 0.0639. The molecular weight excluding hydrogens is 436 g/mol. The number of rotatable bonds is 5. The molecule has 1 fully saturated rings. The molecule has 1 aliphatic rings. The Bertz CT molecular complexity index is 1320. The standard InChI is InChI=1S/C25H26N4O3S/c1-26-23(31)17-6-4-16(5-7-17)20-14-29-21-11-8-18(12-22(21)33-25(29)28-20)24(32)27-13-15-2-9-19(30)10-3-15/h4-8,11-12,14-15,19,30H,2-3,9-10,13H2,1H3,(H,26,31)(H,27,32). The minimum atomic E-state index is -0.181. The summed E-state index contributed by atoms with van der Waals surface area (Å²) in [4.78, 5) is 30.0. The SMILES string of the molecule is CNC(=O)c1ccc(-c2cn3c(n2)sc2cc(C(=O)NCC4CCC(O)CC4)ccc23)cc1. The van der Waals surface area contributed by atoms with Gasteiger partial charge in [-0.15, -0.1) is 0 Å². The Hall–Kier alpha value is -3.23. The van der Waals surface area contributed by atoms with Gasteiger partial charge in [0.25, 0.3) is 11.8 Å². The highest BCUT2D eigenvalue weighted by Crippen LogP contribution is 2.30. The first-order valence-corrected chi connectivity index (χ1v) is 12.0. The van der Waals surface area contributed by atoms with Crippen LogP contribution in [0.25, 0.3) is 26.4 Å². The number of hydrogen-bond acceptors (Lipinski definition) is 5. The van der Waals surface area contributed by atoms with Crippen LogP contribution in [0.4, 0.5) is 0 Å². The molecule has 0 bridgehead atoms. The van der Waals surface area contributed by atoms with Crippen molar-refractivity contribution in [3.05, 3.63) is 59.8 Å². The molecule has 2 amide bonds. The van der Waals surface area contributed by atoms with Gasteiger partial charge in [0.05, 0.1) is 22.0 Å². The Morgan fingerprint density at radius 2 is 1.79 bits per heavy atom. The van der Waals surface area contributed by atoms with Gasteiger partial charge in [-0.1, -0.05) is 23.5 Å². The highest BCUT2D eigenvalue weighted by molar-refractivity contribution is 7.23. The molecule has 8 heteroatoms. The van der Waals surface area contributed by atoms with Crippen LogP contribution in [0.15, 0.2) is 48.7 Å². The van der Waals surface area contributed by atoms with E-state index in [9.17, 15) is 14.7 Å². The molecule has 0 atom stereocenters. The van der Waals surface area contributed by atoms with E-state index in [-0.39, 0.29) is 17.9 Å². The number of aliphatic hydroxyl groups excluding tert-OH is 1. The lowest BCUT2D eigenvalue weighted by molar-refractivity contribution is 0.0909. The molecule has 2 aromatic carbocycles. The number of thiazole rings is 1. The van der Waals surface area contributed by atoms with Gasteiger partial charge in [-0.05, 0) is 61.9 Å². The first-order valence-electron chi connectivity index (χ1n) is 11.2. The molecule has 2 heterocycles. The topological polar surface area (TPSA) is 95.7 Å². The number of imidazole rings is 1. The Morgan fingerprint density at radius 3 is 2.52 bits per heavy atom. The zero-order valence-electron chi connectivity index (χ0n) is 18.4. The number of fused-ring (bicyclic) bond motifs is 3. The maximum Gasteiger partial charge on any atom is 0.251 e. The van der Waals surface area contributed by atoms with Crippen LogP contribution in [0.5, 0.6) is 0 Å². The third kappa shape index (κ3) is 4.36. The molecule has 1 saturated carbocycles. The monoisotopic (exact) mass is 462 g/mol. The van der Waals surface area contributed by atoms with E-state index in [1.807, 2.05) is 40.9 Å². The Balaban J connectivity index is 1.32. The molecule has 170 valence electrons. The number of nitrogens with one attached hydrogen (secondary N) is 2. The summed E-state index contributed by atoms with van der Waals surface area (Å²) in [7, 11) is 1.61. The number of amides is 2. The lowest BCUT2D eigenvalue weighted by Gasteiger charge is -2.25. The van der Waals surface area contributed by atoms with Gasteiger partial charge in [-0.3, -0.25) is 14.0 Å². The van der Waals surface area contributed by atoms with Gasteiger partial charge < -0.3 is 15.7 Å². The second kappa shape index (κ2) is 8.96. The lowest BCUT2D eigenvalue weighted by atomic mass is 9.87. The number of carbonyl (C=O) groups excluding carboxylic acids is 2. The molecule has 0 aliphatic heterocycles. The second-order valence-corrected chi connectivity index (χ2v) is 9.61. The van der Waals surface area contributed by atoms with E-state index in [1.165, 1.54) is 0 Å². The average Bonchev–Trinajstić information content (AvgIpc) is 3.40. The molecule has 0 unspecified atom stereocenters. The molecule has 5 rings (SSSR count). The van der Waals surface area contributed by atoms with Crippen LogP contribution < -0.4 is 10.6 Å². The fourth-order valence-electron chi connectivity index (χ4n) is 4.41. The summed E-state index contributed by atoms with van der Waals surface area (Å²) in [6.07, 6.45) is 5.36. The van der Waals surface area contributed by atoms with E-state index in [2.05, 4.69) is 10.6 Å². The van der Waals surface area contributed by atoms with E-state index in [4.69, 9.17) is 4.98 Å². The second-order valence-electron chi connectivity index (χ2n) is 8.60. The van der Waals surface area contributed by atoms with E-state index < -0.39 is 0 Å². The molecule has 33 heavy (non-hydrogen) atoms. The predicted molar refractivity (Wildman–Crippen MR) is 130 cm³/mol. The summed E-state index contributed by atoms with van der Waals surface area (Å²) in [5.74, 6) is 0.261. The van der Waals surface area contributed by atoms with Gasteiger partial charge in [-0.2, -0.15) is 0 Å². The Kier molecular flexibility index (Phi) is 5.86. The van der Waals surface area contributed by atoms with Crippen molar-refractivity contribution in [2.45, 2.75) is 31.8 Å². The van der Waals surface area contributed by atoms with Crippen molar-refractivity contribution in [3.8, 4) is 11.3 Å². The zero-order chi connectivity index (χ0) is 22.9. The van der Waals surface area contributed by atoms with Gasteiger partial charge in [0, 0.05) is 36.5 Å². The average molecular weight is 463 g/mol. The van der Waals surface area contributed by atoms with Crippen molar-refractivity contribution in [2.24, 2.45) is 5.92 Å². The molecule has 0 spiro atoms. The van der Waals surface area contributed by atoms with E-state index in [0.717, 1.165) is 52.1 Å². The summed E-state index contributed by atoms with van der Waals surface area (Å²) in [5, 5.41) is 15.3. The van der Waals surface area contributed by atoms with Crippen molar-refractivity contribution in [2.75, 3.05) is 13.6 Å². The summed E-state index contributed by atoms with van der Waals surface area (Å²) in [6, 6.07) is 13.1. The smallest absolute Gasteiger partial charge is 0.251 e. The number of aromatic nitrogens is 2. The summed E-state index contributed by atoms with van der Waals surface area (Å²) in [5.41, 5.74) is 4.05. The normalized spacial score (nSPS) is 18.5. The molecule has 2 aromatic heterocycles. The van der Waals surface area contributed by atoms with Gasteiger partial charge >= 0.3 is 0 Å². The third-order valence-corrected chi connectivity index (χ3v) is 7.41. The maximum atomic E-state index is 12.7. The van der Waals surface area contributed by atoms with Crippen molar-refractivity contribution < 1.29 is 14.7 Å². The van der Waals surface area contributed by atoms with Gasteiger partial charge in [-0.25, -0.2) is 4.98 Å². The number of hydrogen-bond donors (Lipinski definition) is 3. The van der Waals surface area contributed by atoms with Crippen molar-refractivity contribution >= 4 is 38.3 Å². The highest BCUT2D eigenvalue weighted by atomic mass is 32.1. The summed E-state index contributed by atoms with van der Waals surface area (Å²) < 4.78 is 3.05. The van der Waals surface area contributed by atoms with Crippen LogP contribution >= 0.6 is 11.3 Å². The van der Waals surface area contributed by atoms with Gasteiger partial charge in [0.1, 0.15) is 0 Å². The fraction of sp³-hybridized carbons (Fsp3) is 0.320. The lowest BCUT2D eigenvalue weighted by Crippen LogP contribution is -2.32. The van der Waals surface area contributed by atoms with Gasteiger partial charge in [0.15, 0.2) is 4.96 Å². The fourth-order valence-corrected chi connectivity index (χ4v) is 5.45. The molecule has 3 N–H and O–H groups in total. The van der Waals surface area contributed by atoms with Crippen LogP contribution in [0, 0.1) is 5.92 Å². The van der Waals surface area contributed by atoms with Crippen LogP contribution in [0.1, 0.15) is 46.4 Å². The molecular formula is C25H26N4O3S. The first-order chi connectivity index (χ1) is 16.0. The first kappa shape index (κ1) is 21.6. The summed E-state index contributed by atoms with van der Waals surface area (Å²) >= 11 is 1.55. The largest absolute Gasteiger partial charge is 0.393 e. The van der Waals surface area contributed by atoms with Crippen molar-refractivity contribution in [3.63, 3.8) is 0 Å². The highest BCUT2D eigenvalue weighted by Gasteiger charge is 2.20. The number of nitrogens with zero attached hydrogens (tertiary/aromatic N) is 2. The van der Waals surface area contributed by atoms with Crippen molar-refractivity contribution in [1.82, 2.24) is 20.0 Å². The van der Waals surface area contributed by atoms with E-state index >= 15 is 0 Å². The number of benzene rings is 2. The maximum absolute atomic E-state index is 12.7. The molecule has 4 aromatic rings. The number of aliphatic hydroxyl groups is 1. The van der Waals surface area contributed by atoms with E-state index in [0.29, 0.717) is 23.6 Å². The van der Waals surface area contributed by atoms with Crippen LogP contribution in [0.3, 0.4) is 0 Å². The Labute approximate surface area is 195 Å². The minimum Gasteiger partial charge on any atom is -0.393 e. The molecule has 7 nitrogen and oxygen atoms in total. The third-order valence-electron chi connectivity index (χ3n) is 6.39. The number of carbonyl (C=O) groups is 2. The van der Waals surface area contributed by atoms with Gasteiger partial charge in [0.2, 0.25) is 0 Å². The molecule has 0 saturated heterocycles.